The van der Waals surface area contributed by atoms with Crippen molar-refractivity contribution in [1.29, 1.82) is 0 Å². The summed E-state index contributed by atoms with van der Waals surface area (Å²) in [5.41, 5.74) is 3.01. The summed E-state index contributed by atoms with van der Waals surface area (Å²) in [4.78, 5) is 0. The van der Waals surface area contributed by atoms with E-state index >= 15 is 0 Å². The molecule has 0 nitrogen and oxygen atoms in total. The molecule has 0 spiro atoms. The summed E-state index contributed by atoms with van der Waals surface area (Å²) >= 11 is 12.5. The average Bonchev–Trinajstić information content (AvgIpc) is 2.45. The van der Waals surface area contributed by atoms with Crippen LogP contribution in [0.3, 0.4) is 0 Å². The van der Waals surface area contributed by atoms with Gasteiger partial charge in [0, 0.05) is 5.02 Å². The van der Waals surface area contributed by atoms with Crippen molar-refractivity contribution >= 4 is 23.2 Å². The number of aryl methyl sites for hydroxylation is 1. The third kappa shape index (κ3) is 3.74. The Morgan fingerprint density at radius 1 is 1.10 bits per heavy atom. The molecule has 2 rings (SSSR count). The van der Waals surface area contributed by atoms with Crippen LogP contribution < -0.4 is 0 Å². The van der Waals surface area contributed by atoms with E-state index in [4.69, 9.17) is 23.2 Å². The van der Waals surface area contributed by atoms with Gasteiger partial charge in [0.2, 0.25) is 0 Å². The molecule has 0 aromatic heterocycles. The minimum Gasteiger partial charge on any atom is -0.207 e. The zero-order valence-corrected chi connectivity index (χ0v) is 12.9. The van der Waals surface area contributed by atoms with Gasteiger partial charge in [-0.15, -0.1) is 11.6 Å². The molecule has 0 heterocycles. The topological polar surface area (TPSA) is 0 Å². The highest BCUT2D eigenvalue weighted by atomic mass is 35.5. The van der Waals surface area contributed by atoms with Crippen molar-refractivity contribution in [2.75, 3.05) is 0 Å². The maximum absolute atomic E-state index is 13.1. The molecule has 0 N–H and O–H groups in total. The van der Waals surface area contributed by atoms with Gasteiger partial charge in [-0.3, -0.25) is 0 Å². The van der Waals surface area contributed by atoms with Crippen molar-refractivity contribution < 1.29 is 4.39 Å². The van der Waals surface area contributed by atoms with Crippen molar-refractivity contribution in [2.45, 2.75) is 31.6 Å². The maximum Gasteiger partial charge on any atom is 0.124 e. The molecule has 2 aromatic carbocycles. The first-order valence-electron chi connectivity index (χ1n) is 6.79. The van der Waals surface area contributed by atoms with E-state index in [1.807, 2.05) is 12.1 Å². The standard InChI is InChI=1S/C17H17Cl2F/c1-2-3-4-12-5-7-13(8-6-12)17(19)15-10-9-14(20)11-16(15)18/h5-11,17H,2-4H2,1H3. The monoisotopic (exact) mass is 310 g/mol. The fraction of sp³-hybridized carbons (Fsp3) is 0.294. The zero-order chi connectivity index (χ0) is 14.5. The second kappa shape index (κ2) is 7.10. The van der Waals surface area contributed by atoms with Crippen LogP contribution in [0.1, 0.15) is 41.8 Å². The Hall–Kier alpha value is -1.05. The summed E-state index contributed by atoms with van der Waals surface area (Å²) in [7, 11) is 0. The normalized spacial score (nSPS) is 12.4. The third-order valence-electron chi connectivity index (χ3n) is 3.33. The van der Waals surface area contributed by atoms with Gasteiger partial charge in [0.15, 0.2) is 0 Å². The van der Waals surface area contributed by atoms with Crippen LogP contribution in [0.5, 0.6) is 0 Å². The summed E-state index contributed by atoms with van der Waals surface area (Å²) in [6.07, 6.45) is 3.46. The maximum atomic E-state index is 13.1. The predicted molar refractivity (Wildman–Crippen MR) is 84.2 cm³/mol. The predicted octanol–water partition coefficient (Wildman–Crippen LogP) is 6.15. The molecule has 0 aliphatic heterocycles. The highest BCUT2D eigenvalue weighted by Gasteiger charge is 2.14. The van der Waals surface area contributed by atoms with Gasteiger partial charge >= 0.3 is 0 Å². The van der Waals surface area contributed by atoms with Gasteiger partial charge in [-0.1, -0.05) is 55.3 Å². The van der Waals surface area contributed by atoms with Gasteiger partial charge in [0.25, 0.3) is 0 Å². The van der Waals surface area contributed by atoms with Crippen molar-refractivity contribution in [2.24, 2.45) is 0 Å². The molecule has 3 heteroatoms. The molecule has 0 bridgehead atoms. The number of hydrogen-bond acceptors (Lipinski definition) is 0. The fourth-order valence-corrected chi connectivity index (χ4v) is 2.79. The molecule has 2 aromatic rings. The smallest absolute Gasteiger partial charge is 0.124 e. The van der Waals surface area contributed by atoms with E-state index in [-0.39, 0.29) is 11.2 Å². The Kier molecular flexibility index (Phi) is 5.45. The van der Waals surface area contributed by atoms with Gasteiger partial charge < -0.3 is 0 Å². The van der Waals surface area contributed by atoms with Gasteiger partial charge in [-0.2, -0.15) is 0 Å². The van der Waals surface area contributed by atoms with Crippen LogP contribution in [0.15, 0.2) is 42.5 Å². The number of alkyl halides is 1. The highest BCUT2D eigenvalue weighted by molar-refractivity contribution is 6.33. The number of benzene rings is 2. The van der Waals surface area contributed by atoms with Crippen LogP contribution in [0.4, 0.5) is 4.39 Å². The van der Waals surface area contributed by atoms with Crippen molar-refractivity contribution in [3.63, 3.8) is 0 Å². The summed E-state index contributed by atoms with van der Waals surface area (Å²) in [5, 5.41) is 0.00313. The quantitative estimate of drug-likeness (QED) is 0.581. The molecular formula is C17H17Cl2F. The van der Waals surface area contributed by atoms with E-state index in [2.05, 4.69) is 19.1 Å². The van der Waals surface area contributed by atoms with Crippen LogP contribution in [0.2, 0.25) is 5.02 Å². The lowest BCUT2D eigenvalue weighted by atomic mass is 10.0. The van der Waals surface area contributed by atoms with Gasteiger partial charge in [0.1, 0.15) is 5.82 Å². The van der Waals surface area contributed by atoms with E-state index in [0.717, 1.165) is 17.5 Å². The molecule has 0 fully saturated rings. The van der Waals surface area contributed by atoms with Crippen LogP contribution in [-0.2, 0) is 6.42 Å². The minimum atomic E-state index is -0.358. The summed E-state index contributed by atoms with van der Waals surface area (Å²) in [5.74, 6) is -0.350. The lowest BCUT2D eigenvalue weighted by Gasteiger charge is -2.13. The first-order valence-corrected chi connectivity index (χ1v) is 7.61. The molecule has 0 saturated heterocycles. The molecular weight excluding hydrogens is 294 g/mol. The van der Waals surface area contributed by atoms with Crippen LogP contribution >= 0.6 is 23.2 Å². The fourth-order valence-electron chi connectivity index (χ4n) is 2.12. The molecule has 0 aliphatic carbocycles. The molecule has 1 unspecified atom stereocenters. The molecule has 106 valence electrons. The lowest BCUT2D eigenvalue weighted by Crippen LogP contribution is -1.96. The first kappa shape index (κ1) is 15.3. The van der Waals surface area contributed by atoms with Gasteiger partial charge in [0.05, 0.1) is 5.38 Å². The molecule has 1 atom stereocenters. The Balaban J connectivity index is 2.18. The third-order valence-corrected chi connectivity index (χ3v) is 4.14. The van der Waals surface area contributed by atoms with Gasteiger partial charge in [-0.25, -0.2) is 4.39 Å². The first-order chi connectivity index (χ1) is 9.61. The molecule has 0 aliphatic rings. The largest absolute Gasteiger partial charge is 0.207 e. The van der Waals surface area contributed by atoms with Crippen molar-refractivity contribution in [3.8, 4) is 0 Å². The van der Waals surface area contributed by atoms with E-state index in [1.165, 1.54) is 30.5 Å². The SMILES string of the molecule is CCCCc1ccc(C(Cl)c2ccc(F)cc2Cl)cc1. The van der Waals surface area contributed by atoms with Crippen LogP contribution in [0.25, 0.3) is 0 Å². The van der Waals surface area contributed by atoms with Gasteiger partial charge in [-0.05, 0) is 41.7 Å². The summed E-state index contributed by atoms with van der Waals surface area (Å²) in [6, 6.07) is 12.5. The Morgan fingerprint density at radius 2 is 1.80 bits per heavy atom. The minimum absolute atomic E-state index is 0.350. The Morgan fingerprint density at radius 3 is 2.40 bits per heavy atom. The van der Waals surface area contributed by atoms with Crippen molar-refractivity contribution in [3.05, 3.63) is 70.0 Å². The number of halogens is 3. The molecule has 0 radical (unpaired) electrons. The second-order valence-electron chi connectivity index (χ2n) is 4.87. The van der Waals surface area contributed by atoms with E-state index in [1.54, 1.807) is 6.07 Å². The van der Waals surface area contributed by atoms with E-state index in [0.29, 0.717) is 5.02 Å². The van der Waals surface area contributed by atoms with Crippen molar-refractivity contribution in [1.82, 2.24) is 0 Å². The average molecular weight is 311 g/mol. The van der Waals surface area contributed by atoms with Crippen LogP contribution in [0, 0.1) is 5.82 Å². The molecule has 20 heavy (non-hydrogen) atoms. The summed E-state index contributed by atoms with van der Waals surface area (Å²) < 4.78 is 13.1. The second-order valence-corrected chi connectivity index (χ2v) is 5.72. The number of rotatable bonds is 5. The Bertz CT molecular complexity index is 564. The van der Waals surface area contributed by atoms with Crippen LogP contribution in [-0.4, -0.2) is 0 Å². The van der Waals surface area contributed by atoms with E-state index < -0.39 is 0 Å². The number of hydrogen-bond donors (Lipinski definition) is 0. The van der Waals surface area contributed by atoms with E-state index in [9.17, 15) is 4.39 Å². The Labute approximate surface area is 129 Å². The molecule has 0 amide bonds. The molecule has 0 saturated carbocycles. The number of unbranched alkanes of at least 4 members (excludes halogenated alkanes) is 1. The zero-order valence-electron chi connectivity index (χ0n) is 11.4. The lowest BCUT2D eigenvalue weighted by molar-refractivity contribution is 0.627. The summed E-state index contributed by atoms with van der Waals surface area (Å²) in [6.45, 7) is 2.18. The highest BCUT2D eigenvalue weighted by Crippen LogP contribution is 2.34.